The molecule has 15 heteroatoms. The number of ketones is 1. The summed E-state index contributed by atoms with van der Waals surface area (Å²) in [7, 11) is -4.29. The molecule has 0 spiro atoms. The van der Waals surface area contributed by atoms with E-state index in [9.17, 15) is 46.4 Å². The molecule has 1 atom stereocenters. The van der Waals surface area contributed by atoms with E-state index >= 15 is 0 Å². The molecule has 232 valence electrons. The Morgan fingerprint density at radius 3 is 2.13 bits per heavy atom. The number of aromatic nitrogens is 1. The molecular formula is C30H22F3N3O7S2. The van der Waals surface area contributed by atoms with Crippen molar-refractivity contribution in [2.45, 2.75) is 41.1 Å². The highest BCUT2D eigenvalue weighted by Gasteiger charge is 2.48. The largest absolute Gasteiger partial charge is 0.507 e. The third-order valence-electron chi connectivity index (χ3n) is 7.15. The monoisotopic (exact) mass is 657 g/mol. The second-order valence-electron chi connectivity index (χ2n) is 10.3. The average molecular weight is 658 g/mol. The van der Waals surface area contributed by atoms with E-state index in [-0.39, 0.29) is 37.0 Å². The number of carbonyl (C=O) groups is 2. The van der Waals surface area contributed by atoms with E-state index in [1.165, 1.54) is 0 Å². The number of hydrogen-bond donors (Lipinski definition) is 1. The Hall–Kier alpha value is -4.89. The van der Waals surface area contributed by atoms with Gasteiger partial charge in [0.1, 0.15) is 9.97 Å². The van der Waals surface area contributed by atoms with Gasteiger partial charge in [-0.3, -0.25) is 24.6 Å². The summed E-state index contributed by atoms with van der Waals surface area (Å²) in [6.45, 7) is 3.91. The zero-order chi connectivity index (χ0) is 32.8. The Morgan fingerprint density at radius 2 is 1.60 bits per heavy atom. The number of Topliss-reactive ketones (excluding diaryl/α,β-unsaturated/α-hetero) is 1. The number of hydrogen-bond acceptors (Lipinski definition) is 9. The molecule has 1 aromatic heterocycles. The summed E-state index contributed by atoms with van der Waals surface area (Å²) in [5.74, 6) is -2.76. The van der Waals surface area contributed by atoms with Crippen molar-refractivity contribution in [1.29, 1.82) is 0 Å². The predicted octanol–water partition coefficient (Wildman–Crippen LogP) is 6.65. The number of nitrogens with zero attached hydrogens (tertiary/aromatic N) is 3. The molecule has 2 heterocycles. The van der Waals surface area contributed by atoms with E-state index in [1.54, 1.807) is 24.3 Å². The van der Waals surface area contributed by atoms with Crippen LogP contribution in [0.4, 0.5) is 24.0 Å². The topological polar surface area (TPSA) is 148 Å². The molecule has 1 amide bonds. The number of nitro benzene ring substituents is 1. The Bertz CT molecular complexity index is 1950. The van der Waals surface area contributed by atoms with Gasteiger partial charge in [0, 0.05) is 17.7 Å². The number of thiazole rings is 1. The SMILES string of the molecule is CC(C)c1ccc(C(O)=C2C(=O)C(=O)N(c3ncc(S(=O)(=O)c4ccc([N+](=O)[O-])cc4)s3)C2c2ccc(C(F)(F)F)cc2)cc1. The minimum absolute atomic E-state index is 0.0255. The van der Waals surface area contributed by atoms with Gasteiger partial charge < -0.3 is 5.11 Å². The summed E-state index contributed by atoms with van der Waals surface area (Å²) in [6.07, 6.45) is -3.74. The highest BCUT2D eigenvalue weighted by molar-refractivity contribution is 7.93. The number of nitro groups is 1. The maximum Gasteiger partial charge on any atom is 0.416 e. The molecular weight excluding hydrogens is 635 g/mol. The van der Waals surface area contributed by atoms with Crippen LogP contribution in [0.5, 0.6) is 0 Å². The molecule has 4 aromatic rings. The van der Waals surface area contributed by atoms with E-state index in [0.717, 1.165) is 65.2 Å². The first kappa shape index (κ1) is 31.5. The van der Waals surface area contributed by atoms with Crippen molar-refractivity contribution in [2.75, 3.05) is 4.90 Å². The lowest BCUT2D eigenvalue weighted by Crippen LogP contribution is -2.29. The number of halogens is 3. The van der Waals surface area contributed by atoms with E-state index in [1.807, 2.05) is 13.8 Å². The number of alkyl halides is 3. The minimum Gasteiger partial charge on any atom is -0.507 e. The third kappa shape index (κ3) is 5.83. The Labute approximate surface area is 258 Å². The molecule has 3 aromatic carbocycles. The number of sulfone groups is 1. The van der Waals surface area contributed by atoms with Gasteiger partial charge in [0.2, 0.25) is 9.84 Å². The number of aliphatic hydroxyl groups is 1. The van der Waals surface area contributed by atoms with Crippen LogP contribution in [-0.4, -0.2) is 35.1 Å². The number of anilines is 1. The van der Waals surface area contributed by atoms with Gasteiger partial charge in [0.05, 0.1) is 33.2 Å². The van der Waals surface area contributed by atoms with Gasteiger partial charge in [-0.15, -0.1) is 0 Å². The number of aliphatic hydroxyl groups excluding tert-OH is 1. The molecule has 45 heavy (non-hydrogen) atoms. The molecule has 1 aliphatic heterocycles. The average Bonchev–Trinajstić information content (AvgIpc) is 3.60. The van der Waals surface area contributed by atoms with Crippen molar-refractivity contribution in [3.8, 4) is 0 Å². The first-order valence-electron chi connectivity index (χ1n) is 13.1. The number of carbonyl (C=O) groups excluding carboxylic acids is 2. The Balaban J connectivity index is 1.63. The molecule has 1 N–H and O–H groups in total. The molecule has 1 fully saturated rings. The molecule has 1 saturated heterocycles. The number of benzene rings is 3. The predicted molar refractivity (Wildman–Crippen MR) is 157 cm³/mol. The molecule has 1 unspecified atom stereocenters. The highest BCUT2D eigenvalue weighted by atomic mass is 32.2. The zero-order valence-electron chi connectivity index (χ0n) is 23.3. The van der Waals surface area contributed by atoms with E-state index < -0.39 is 55.6 Å². The van der Waals surface area contributed by atoms with Crippen LogP contribution in [0.15, 0.2) is 93.7 Å². The Kier molecular flexibility index (Phi) is 8.10. The van der Waals surface area contributed by atoms with Crippen molar-refractivity contribution in [3.05, 3.63) is 117 Å². The van der Waals surface area contributed by atoms with Crippen molar-refractivity contribution >= 4 is 49.4 Å². The fraction of sp³-hybridized carbons (Fsp3) is 0.167. The smallest absolute Gasteiger partial charge is 0.416 e. The fourth-order valence-electron chi connectivity index (χ4n) is 4.73. The summed E-state index contributed by atoms with van der Waals surface area (Å²) in [5, 5.41) is 22.0. The normalized spacial score (nSPS) is 16.8. The lowest BCUT2D eigenvalue weighted by molar-refractivity contribution is -0.384. The molecule has 0 bridgehead atoms. The first-order chi connectivity index (χ1) is 21.1. The minimum atomic E-state index is -4.67. The molecule has 10 nitrogen and oxygen atoms in total. The fourth-order valence-corrected chi connectivity index (χ4v) is 7.28. The van der Waals surface area contributed by atoms with E-state index in [2.05, 4.69) is 4.98 Å². The summed E-state index contributed by atoms with van der Waals surface area (Å²) in [5.41, 5.74) is -0.619. The van der Waals surface area contributed by atoms with Gasteiger partial charge in [-0.05, 0) is 41.3 Å². The molecule has 0 radical (unpaired) electrons. The molecule has 5 rings (SSSR count). The molecule has 0 saturated carbocycles. The van der Waals surface area contributed by atoms with Crippen molar-refractivity contribution in [2.24, 2.45) is 0 Å². The summed E-state index contributed by atoms with van der Waals surface area (Å²) < 4.78 is 66.2. The van der Waals surface area contributed by atoms with Crippen LogP contribution in [0.1, 0.15) is 48.1 Å². The lowest BCUT2D eigenvalue weighted by atomic mass is 9.94. The van der Waals surface area contributed by atoms with Crippen LogP contribution in [0.25, 0.3) is 5.76 Å². The van der Waals surface area contributed by atoms with Crippen LogP contribution >= 0.6 is 11.3 Å². The summed E-state index contributed by atoms with van der Waals surface area (Å²) >= 11 is 0.504. The number of amides is 1. The van der Waals surface area contributed by atoms with Crippen LogP contribution in [0, 0.1) is 10.1 Å². The van der Waals surface area contributed by atoms with E-state index in [4.69, 9.17) is 0 Å². The van der Waals surface area contributed by atoms with Gasteiger partial charge in [-0.25, -0.2) is 13.4 Å². The van der Waals surface area contributed by atoms with Gasteiger partial charge in [0.15, 0.2) is 5.13 Å². The van der Waals surface area contributed by atoms with Crippen LogP contribution in [0.3, 0.4) is 0 Å². The zero-order valence-corrected chi connectivity index (χ0v) is 25.0. The van der Waals surface area contributed by atoms with Crippen LogP contribution in [-0.2, 0) is 25.6 Å². The maximum atomic E-state index is 13.4. The van der Waals surface area contributed by atoms with Gasteiger partial charge in [-0.2, -0.15) is 13.2 Å². The van der Waals surface area contributed by atoms with Gasteiger partial charge in [0.25, 0.3) is 11.5 Å². The molecule has 0 aliphatic carbocycles. The quantitative estimate of drug-likeness (QED) is 0.0764. The van der Waals surface area contributed by atoms with Crippen molar-refractivity contribution in [3.63, 3.8) is 0 Å². The maximum absolute atomic E-state index is 13.4. The molecule has 1 aliphatic rings. The first-order valence-corrected chi connectivity index (χ1v) is 15.4. The number of rotatable bonds is 7. The summed E-state index contributed by atoms with van der Waals surface area (Å²) in [6, 6.07) is 12.8. The third-order valence-corrected chi connectivity index (χ3v) is 10.4. The van der Waals surface area contributed by atoms with Gasteiger partial charge in [-0.1, -0.05) is 61.6 Å². The van der Waals surface area contributed by atoms with Crippen molar-refractivity contribution in [1.82, 2.24) is 4.98 Å². The van der Waals surface area contributed by atoms with E-state index in [0.29, 0.717) is 11.3 Å². The van der Waals surface area contributed by atoms with Crippen molar-refractivity contribution < 1.29 is 41.2 Å². The second kappa shape index (κ2) is 11.6. The lowest BCUT2D eigenvalue weighted by Gasteiger charge is -2.23. The van der Waals surface area contributed by atoms with Gasteiger partial charge >= 0.3 is 12.1 Å². The second-order valence-corrected chi connectivity index (χ2v) is 13.5. The van der Waals surface area contributed by atoms with Crippen LogP contribution in [0.2, 0.25) is 0 Å². The summed E-state index contributed by atoms with van der Waals surface area (Å²) in [4.78, 5) is 41.7. The standard InChI is InChI=1S/C30H22F3N3O7S2/c1-16(2)17-3-5-19(6-4-17)26(37)24-25(18-7-9-20(10-8-18)30(31,32)33)35(28(39)27(24)38)29-34-15-23(44-29)45(42,43)22-13-11-21(12-14-22)36(40)41/h3-16,25,37H,1-2H3. The van der Waals surface area contributed by atoms with Crippen LogP contribution < -0.4 is 4.90 Å². The number of non-ortho nitro benzene ring substituents is 1. The Morgan fingerprint density at radius 1 is 1.00 bits per heavy atom. The highest BCUT2D eigenvalue weighted by Crippen LogP contribution is 2.45.